The molecule has 132 valence electrons. The van der Waals surface area contributed by atoms with E-state index in [1.807, 2.05) is 6.92 Å². The van der Waals surface area contributed by atoms with Gasteiger partial charge in [0.05, 0.1) is 16.6 Å². The fourth-order valence-electron chi connectivity index (χ4n) is 2.39. The van der Waals surface area contributed by atoms with Gasteiger partial charge in [0.15, 0.2) is 5.78 Å². The van der Waals surface area contributed by atoms with Crippen LogP contribution in [0, 0.1) is 0 Å². The lowest BCUT2D eigenvalue weighted by Crippen LogP contribution is -2.37. The Kier molecular flexibility index (Phi) is 7.14. The third-order valence-electron chi connectivity index (χ3n) is 3.70. The average molecular weight is 419 g/mol. The van der Waals surface area contributed by atoms with Crippen molar-refractivity contribution in [1.82, 2.24) is 0 Å². The molecule has 0 aliphatic heterocycles. The van der Waals surface area contributed by atoms with Crippen molar-refractivity contribution in [1.29, 1.82) is 0 Å². The van der Waals surface area contributed by atoms with Gasteiger partial charge in [-0.15, -0.1) is 0 Å². The maximum atomic E-state index is 12.7. The molecule has 0 spiro atoms. The van der Waals surface area contributed by atoms with E-state index in [0.717, 1.165) is 6.29 Å². The maximum absolute atomic E-state index is 12.7. The number of carbonyl (C=O) groups excluding carboxylic acids is 2. The van der Waals surface area contributed by atoms with Gasteiger partial charge in [-0.3, -0.25) is 4.79 Å². The lowest BCUT2D eigenvalue weighted by Gasteiger charge is -2.30. The fraction of sp³-hybridized carbons (Fsp3) is 0.222. The highest BCUT2D eigenvalue weighted by atomic mass is 35.5. The molecule has 3 nitrogen and oxygen atoms in total. The van der Waals surface area contributed by atoms with Crippen molar-refractivity contribution < 1.29 is 9.59 Å². The van der Waals surface area contributed by atoms with Gasteiger partial charge in [-0.25, -0.2) is 0 Å². The number of hydrogen-bond acceptors (Lipinski definition) is 3. The van der Waals surface area contributed by atoms with Gasteiger partial charge in [-0.05, 0) is 43.3 Å². The van der Waals surface area contributed by atoms with E-state index < -0.39 is 0 Å². The average Bonchev–Trinajstić information content (AvgIpc) is 2.54. The minimum Gasteiger partial charge on any atom is -0.361 e. The SMILES string of the molecule is C[C@@H](CC=O)N(CC(=O)c1cc(Cl)cc(Cl)c1)c1ccc(Cl)c(Cl)c1. The molecule has 0 fully saturated rings. The van der Waals surface area contributed by atoms with Crippen LogP contribution in [0.25, 0.3) is 0 Å². The van der Waals surface area contributed by atoms with E-state index in [1.54, 1.807) is 41.3 Å². The number of ketones is 1. The first-order valence-electron chi connectivity index (χ1n) is 7.46. The third-order valence-corrected chi connectivity index (χ3v) is 4.88. The minimum absolute atomic E-state index is 0.0453. The van der Waals surface area contributed by atoms with E-state index in [1.165, 1.54) is 0 Å². The molecule has 2 aromatic carbocycles. The first-order valence-corrected chi connectivity index (χ1v) is 8.97. The lowest BCUT2D eigenvalue weighted by atomic mass is 10.1. The molecule has 0 aromatic heterocycles. The zero-order valence-corrected chi connectivity index (χ0v) is 16.3. The lowest BCUT2D eigenvalue weighted by molar-refractivity contribution is -0.108. The van der Waals surface area contributed by atoms with Gasteiger partial charge in [-0.2, -0.15) is 0 Å². The van der Waals surface area contributed by atoms with E-state index >= 15 is 0 Å². The molecule has 0 N–H and O–H groups in total. The highest BCUT2D eigenvalue weighted by molar-refractivity contribution is 6.42. The number of halogens is 4. The van der Waals surface area contributed by atoms with Crippen LogP contribution in [-0.4, -0.2) is 24.7 Å². The van der Waals surface area contributed by atoms with Gasteiger partial charge >= 0.3 is 0 Å². The Morgan fingerprint density at radius 2 is 1.68 bits per heavy atom. The summed E-state index contributed by atoms with van der Waals surface area (Å²) in [6.45, 7) is 1.90. The molecule has 7 heteroatoms. The quantitative estimate of drug-likeness (QED) is 0.410. The predicted octanol–water partition coefficient (Wildman–Crippen LogP) is 5.97. The Morgan fingerprint density at radius 3 is 2.24 bits per heavy atom. The second-order valence-corrected chi connectivity index (χ2v) is 7.25. The molecule has 1 atom stereocenters. The second kappa shape index (κ2) is 8.91. The zero-order chi connectivity index (χ0) is 18.6. The molecule has 0 saturated carbocycles. The number of hydrogen-bond donors (Lipinski definition) is 0. The molecular weight excluding hydrogens is 404 g/mol. The van der Waals surface area contributed by atoms with Crippen LogP contribution < -0.4 is 4.90 Å². The zero-order valence-electron chi connectivity index (χ0n) is 13.3. The molecule has 0 aliphatic carbocycles. The molecule has 2 aromatic rings. The van der Waals surface area contributed by atoms with Crippen LogP contribution in [0.1, 0.15) is 23.7 Å². The van der Waals surface area contributed by atoms with Gasteiger partial charge in [0, 0.05) is 33.8 Å². The van der Waals surface area contributed by atoms with Crippen LogP contribution in [0.5, 0.6) is 0 Å². The normalized spacial score (nSPS) is 11.9. The topological polar surface area (TPSA) is 37.4 Å². The molecule has 0 saturated heterocycles. The number of benzene rings is 2. The number of carbonyl (C=O) groups is 2. The van der Waals surface area contributed by atoms with Crippen LogP contribution in [0.2, 0.25) is 20.1 Å². The Hall–Kier alpha value is -1.26. The van der Waals surface area contributed by atoms with Crippen molar-refractivity contribution >= 4 is 64.2 Å². The Morgan fingerprint density at radius 1 is 1.04 bits per heavy atom. The predicted molar refractivity (Wildman–Crippen MR) is 105 cm³/mol. The van der Waals surface area contributed by atoms with Gasteiger partial charge in [-0.1, -0.05) is 46.4 Å². The molecular formula is C18H15Cl4NO2. The Bertz CT molecular complexity index is 774. The Labute approximate surface area is 166 Å². The van der Waals surface area contributed by atoms with E-state index in [2.05, 4.69) is 0 Å². The molecule has 0 heterocycles. The van der Waals surface area contributed by atoms with E-state index in [0.29, 0.717) is 31.3 Å². The smallest absolute Gasteiger partial charge is 0.182 e. The molecule has 0 aliphatic rings. The first-order chi connectivity index (χ1) is 11.8. The summed E-state index contributed by atoms with van der Waals surface area (Å²) in [4.78, 5) is 25.4. The van der Waals surface area contributed by atoms with E-state index in [-0.39, 0.29) is 24.8 Å². The summed E-state index contributed by atoms with van der Waals surface area (Å²) in [5.74, 6) is -0.173. The van der Waals surface area contributed by atoms with Gasteiger partial charge in [0.1, 0.15) is 6.29 Å². The van der Waals surface area contributed by atoms with Gasteiger partial charge < -0.3 is 9.69 Å². The summed E-state index contributed by atoms with van der Waals surface area (Å²) in [7, 11) is 0. The van der Waals surface area contributed by atoms with Gasteiger partial charge in [0.25, 0.3) is 0 Å². The van der Waals surface area contributed by atoms with E-state index in [4.69, 9.17) is 46.4 Å². The number of anilines is 1. The number of Topliss-reactive ketones (excluding diaryl/α,β-unsaturated/α-hetero) is 1. The summed E-state index contributed by atoms with van der Waals surface area (Å²) < 4.78 is 0. The van der Waals surface area contributed by atoms with Crippen molar-refractivity contribution in [2.24, 2.45) is 0 Å². The van der Waals surface area contributed by atoms with E-state index in [9.17, 15) is 9.59 Å². The highest BCUT2D eigenvalue weighted by Crippen LogP contribution is 2.29. The summed E-state index contributed by atoms with van der Waals surface area (Å²) in [5.41, 5.74) is 1.10. The fourth-order valence-corrected chi connectivity index (χ4v) is 3.21. The Balaban J connectivity index is 2.33. The monoisotopic (exact) mass is 417 g/mol. The van der Waals surface area contributed by atoms with Crippen LogP contribution >= 0.6 is 46.4 Å². The van der Waals surface area contributed by atoms with Crippen molar-refractivity contribution in [3.8, 4) is 0 Å². The molecule has 0 radical (unpaired) electrons. The standard InChI is InChI=1S/C18H15Cl4NO2/c1-11(4-5-24)23(15-2-3-16(21)17(22)9-15)10-18(25)12-6-13(19)8-14(20)7-12/h2-3,5-9,11H,4,10H2,1H3/t11-/m0/s1. The number of rotatable bonds is 7. The number of aldehydes is 1. The van der Waals surface area contributed by atoms with Crippen LogP contribution in [-0.2, 0) is 4.79 Å². The van der Waals surface area contributed by atoms with Crippen LogP contribution in [0.3, 0.4) is 0 Å². The molecule has 0 unspecified atom stereocenters. The van der Waals surface area contributed by atoms with Gasteiger partial charge in [0.2, 0.25) is 0 Å². The summed E-state index contributed by atoms with van der Waals surface area (Å²) in [6.07, 6.45) is 1.08. The van der Waals surface area contributed by atoms with Crippen molar-refractivity contribution in [2.45, 2.75) is 19.4 Å². The van der Waals surface area contributed by atoms with Crippen molar-refractivity contribution in [3.63, 3.8) is 0 Å². The third kappa shape index (κ3) is 5.35. The largest absolute Gasteiger partial charge is 0.361 e. The molecule has 2 rings (SSSR count). The molecule has 0 bridgehead atoms. The maximum Gasteiger partial charge on any atom is 0.182 e. The highest BCUT2D eigenvalue weighted by Gasteiger charge is 2.20. The molecule has 25 heavy (non-hydrogen) atoms. The first kappa shape index (κ1) is 20.1. The van der Waals surface area contributed by atoms with Crippen LogP contribution in [0.4, 0.5) is 5.69 Å². The summed E-state index contributed by atoms with van der Waals surface area (Å²) >= 11 is 24.0. The van der Waals surface area contributed by atoms with Crippen molar-refractivity contribution in [3.05, 3.63) is 62.1 Å². The van der Waals surface area contributed by atoms with Crippen LogP contribution in [0.15, 0.2) is 36.4 Å². The van der Waals surface area contributed by atoms with Crippen molar-refractivity contribution in [2.75, 3.05) is 11.4 Å². The number of nitrogens with zero attached hydrogens (tertiary/aromatic N) is 1. The summed E-state index contributed by atoms with van der Waals surface area (Å²) in [6, 6.07) is 9.57. The summed E-state index contributed by atoms with van der Waals surface area (Å²) in [5, 5.41) is 1.57. The second-order valence-electron chi connectivity index (χ2n) is 5.56. The minimum atomic E-state index is -0.201. The molecule has 0 amide bonds.